The molecule has 0 bridgehead atoms. The maximum atomic E-state index is 12.7. The number of carbonyl (C=O) groups is 2. The van der Waals surface area contributed by atoms with Crippen molar-refractivity contribution in [1.29, 1.82) is 0 Å². The zero-order valence-corrected chi connectivity index (χ0v) is 13.5. The topological polar surface area (TPSA) is 58.6 Å². The number of ether oxygens (including phenoxy) is 1. The second-order valence-electron chi connectivity index (χ2n) is 6.75. The van der Waals surface area contributed by atoms with Crippen LogP contribution in [0.25, 0.3) is 0 Å². The molecule has 1 unspecified atom stereocenters. The van der Waals surface area contributed by atoms with E-state index in [1.54, 1.807) is 11.8 Å². The number of carbonyl (C=O) groups excluding carboxylic acids is 2. The van der Waals surface area contributed by atoms with Gasteiger partial charge in [0.1, 0.15) is 11.6 Å². The zero-order valence-electron chi connectivity index (χ0n) is 13.5. The fourth-order valence-corrected chi connectivity index (χ4v) is 3.18. The van der Waals surface area contributed by atoms with Crippen LogP contribution in [0.1, 0.15) is 52.9 Å². The van der Waals surface area contributed by atoms with Gasteiger partial charge in [0.05, 0.1) is 6.61 Å². The number of nitrogens with one attached hydrogen (secondary N) is 1. The van der Waals surface area contributed by atoms with E-state index in [2.05, 4.69) is 19.2 Å². The highest BCUT2D eigenvalue weighted by Crippen LogP contribution is 2.34. The molecule has 120 valence electrons. The first-order chi connectivity index (χ1) is 9.96. The highest BCUT2D eigenvalue weighted by molar-refractivity contribution is 5.99. The summed E-state index contributed by atoms with van der Waals surface area (Å²) in [5.74, 6) is 0.673. The molecule has 1 saturated heterocycles. The van der Waals surface area contributed by atoms with E-state index in [0.29, 0.717) is 25.7 Å². The minimum absolute atomic E-state index is 0.0290. The Balaban J connectivity index is 1.90. The number of amides is 2. The lowest BCUT2D eigenvalue weighted by atomic mass is 9.91. The zero-order chi connectivity index (χ0) is 15.5. The molecule has 1 atom stereocenters. The monoisotopic (exact) mass is 296 g/mol. The summed E-state index contributed by atoms with van der Waals surface area (Å²) in [6.45, 7) is 7.84. The van der Waals surface area contributed by atoms with Gasteiger partial charge in [-0.3, -0.25) is 9.59 Å². The van der Waals surface area contributed by atoms with Crippen molar-refractivity contribution in [1.82, 2.24) is 10.2 Å². The predicted octanol–water partition coefficient (Wildman–Crippen LogP) is 1.71. The second kappa shape index (κ2) is 6.77. The number of hydrogen-bond donors (Lipinski definition) is 1. The molecular formula is C16H28N2O3. The van der Waals surface area contributed by atoms with Crippen LogP contribution in [-0.2, 0) is 14.3 Å². The number of nitrogens with zero attached hydrogens (tertiary/aromatic N) is 1. The van der Waals surface area contributed by atoms with Gasteiger partial charge < -0.3 is 15.0 Å². The molecule has 2 amide bonds. The van der Waals surface area contributed by atoms with Crippen molar-refractivity contribution in [2.45, 2.75) is 64.5 Å². The number of rotatable bonds is 6. The molecule has 1 spiro atoms. The Kier molecular flexibility index (Phi) is 5.25. The van der Waals surface area contributed by atoms with E-state index >= 15 is 0 Å². The van der Waals surface area contributed by atoms with Crippen LogP contribution in [0, 0.1) is 5.92 Å². The molecule has 5 nitrogen and oxygen atoms in total. The van der Waals surface area contributed by atoms with Crippen LogP contribution in [0.3, 0.4) is 0 Å². The molecule has 1 aliphatic heterocycles. The number of hydrogen-bond acceptors (Lipinski definition) is 3. The van der Waals surface area contributed by atoms with Gasteiger partial charge in [0.25, 0.3) is 0 Å². The lowest BCUT2D eigenvalue weighted by Crippen LogP contribution is -2.69. The Bertz CT molecular complexity index is 389. The Morgan fingerprint density at radius 2 is 1.95 bits per heavy atom. The summed E-state index contributed by atoms with van der Waals surface area (Å²) in [6, 6.07) is -0.391. The van der Waals surface area contributed by atoms with E-state index in [0.717, 1.165) is 32.1 Å². The highest BCUT2D eigenvalue weighted by Gasteiger charge is 2.50. The first-order valence-electron chi connectivity index (χ1n) is 8.17. The normalized spacial score (nSPS) is 25.0. The van der Waals surface area contributed by atoms with E-state index in [1.807, 2.05) is 0 Å². The Morgan fingerprint density at radius 1 is 1.29 bits per heavy atom. The van der Waals surface area contributed by atoms with Crippen LogP contribution in [0.5, 0.6) is 0 Å². The molecular weight excluding hydrogens is 268 g/mol. The van der Waals surface area contributed by atoms with Crippen molar-refractivity contribution in [2.75, 3.05) is 19.8 Å². The van der Waals surface area contributed by atoms with E-state index in [4.69, 9.17) is 4.74 Å². The summed E-state index contributed by atoms with van der Waals surface area (Å²) < 4.78 is 5.60. The molecule has 5 heteroatoms. The first-order valence-corrected chi connectivity index (χ1v) is 8.17. The average molecular weight is 296 g/mol. The molecule has 1 saturated carbocycles. The lowest BCUT2D eigenvalue weighted by Gasteiger charge is -2.43. The van der Waals surface area contributed by atoms with Gasteiger partial charge in [-0.15, -0.1) is 0 Å². The summed E-state index contributed by atoms with van der Waals surface area (Å²) in [7, 11) is 0. The molecule has 2 rings (SSSR count). The molecule has 1 N–H and O–H groups in total. The average Bonchev–Trinajstić information content (AvgIpc) is 2.89. The standard InChI is InChI=1S/C16H28N2O3/c1-12(2)6-10-21-11-9-18-13(3)14(19)17-16(15(18)20)7-4-5-8-16/h12-13H,4-11H2,1-3H3,(H,17,19). The minimum Gasteiger partial charge on any atom is -0.380 e. The van der Waals surface area contributed by atoms with Gasteiger partial charge in [-0.1, -0.05) is 26.7 Å². The van der Waals surface area contributed by atoms with E-state index in [1.165, 1.54) is 0 Å². The van der Waals surface area contributed by atoms with Crippen molar-refractivity contribution < 1.29 is 14.3 Å². The molecule has 0 radical (unpaired) electrons. The smallest absolute Gasteiger partial charge is 0.249 e. The van der Waals surface area contributed by atoms with Gasteiger partial charge in [-0.2, -0.15) is 0 Å². The first kappa shape index (κ1) is 16.3. The van der Waals surface area contributed by atoms with Crippen LogP contribution in [0.15, 0.2) is 0 Å². The molecule has 1 aliphatic carbocycles. The predicted molar refractivity (Wildman–Crippen MR) is 80.8 cm³/mol. The number of piperazine rings is 1. The molecule has 0 aromatic carbocycles. The van der Waals surface area contributed by atoms with Crippen LogP contribution in [0.2, 0.25) is 0 Å². The molecule has 1 heterocycles. The summed E-state index contributed by atoms with van der Waals surface area (Å²) in [6.07, 6.45) is 4.59. The summed E-state index contributed by atoms with van der Waals surface area (Å²) in [5, 5.41) is 2.97. The van der Waals surface area contributed by atoms with E-state index < -0.39 is 11.6 Å². The summed E-state index contributed by atoms with van der Waals surface area (Å²) in [4.78, 5) is 26.6. The van der Waals surface area contributed by atoms with Crippen LogP contribution >= 0.6 is 0 Å². The highest BCUT2D eigenvalue weighted by atomic mass is 16.5. The van der Waals surface area contributed by atoms with Gasteiger partial charge in [0, 0.05) is 13.2 Å². The second-order valence-corrected chi connectivity index (χ2v) is 6.75. The largest absolute Gasteiger partial charge is 0.380 e. The minimum atomic E-state index is -0.623. The SMILES string of the molecule is CC(C)CCOCCN1C(=O)C2(CCCC2)NC(=O)C1C. The fraction of sp³-hybridized carbons (Fsp3) is 0.875. The van der Waals surface area contributed by atoms with Crippen molar-refractivity contribution >= 4 is 11.8 Å². The maximum Gasteiger partial charge on any atom is 0.249 e. The molecule has 0 aromatic rings. The van der Waals surface area contributed by atoms with E-state index in [9.17, 15) is 9.59 Å². The molecule has 2 aliphatic rings. The van der Waals surface area contributed by atoms with Crippen LogP contribution < -0.4 is 5.32 Å². The quantitative estimate of drug-likeness (QED) is 0.759. The lowest BCUT2D eigenvalue weighted by molar-refractivity contribution is -0.155. The van der Waals surface area contributed by atoms with E-state index in [-0.39, 0.29) is 11.8 Å². The van der Waals surface area contributed by atoms with Crippen molar-refractivity contribution in [3.8, 4) is 0 Å². The van der Waals surface area contributed by atoms with Gasteiger partial charge >= 0.3 is 0 Å². The molecule has 21 heavy (non-hydrogen) atoms. The third kappa shape index (κ3) is 3.57. The van der Waals surface area contributed by atoms with Crippen molar-refractivity contribution in [3.05, 3.63) is 0 Å². The molecule has 0 aromatic heterocycles. The van der Waals surface area contributed by atoms with Crippen molar-refractivity contribution in [3.63, 3.8) is 0 Å². The van der Waals surface area contributed by atoms with Crippen LogP contribution in [-0.4, -0.2) is 48.1 Å². The van der Waals surface area contributed by atoms with Crippen LogP contribution in [0.4, 0.5) is 0 Å². The Morgan fingerprint density at radius 3 is 2.57 bits per heavy atom. The Hall–Kier alpha value is -1.10. The third-order valence-electron chi connectivity index (χ3n) is 4.65. The van der Waals surface area contributed by atoms with Gasteiger partial charge in [0.15, 0.2) is 0 Å². The maximum absolute atomic E-state index is 12.7. The van der Waals surface area contributed by atoms with Gasteiger partial charge in [-0.25, -0.2) is 0 Å². The van der Waals surface area contributed by atoms with Crippen molar-refractivity contribution in [2.24, 2.45) is 5.92 Å². The fourth-order valence-electron chi connectivity index (χ4n) is 3.18. The Labute approximate surface area is 127 Å². The summed E-state index contributed by atoms with van der Waals surface area (Å²) in [5.41, 5.74) is -0.623. The molecule has 2 fully saturated rings. The summed E-state index contributed by atoms with van der Waals surface area (Å²) >= 11 is 0. The van der Waals surface area contributed by atoms with Gasteiger partial charge in [-0.05, 0) is 32.1 Å². The third-order valence-corrected chi connectivity index (χ3v) is 4.65. The van der Waals surface area contributed by atoms with Gasteiger partial charge in [0.2, 0.25) is 11.8 Å².